The third-order valence-corrected chi connectivity index (χ3v) is 5.01. The van der Waals surface area contributed by atoms with E-state index in [4.69, 9.17) is 5.73 Å². The third-order valence-electron chi connectivity index (χ3n) is 4.15. The molecule has 3 nitrogen and oxygen atoms in total. The number of thioether (sulfide) groups is 1. The molecule has 0 saturated carbocycles. The molecule has 0 bridgehead atoms. The number of aryl methyl sites for hydroxylation is 3. The van der Waals surface area contributed by atoms with Crippen LogP contribution >= 0.6 is 11.8 Å². The third kappa shape index (κ3) is 5.75. The van der Waals surface area contributed by atoms with Gasteiger partial charge in [0.05, 0.1) is 6.21 Å². The molecule has 0 aliphatic carbocycles. The van der Waals surface area contributed by atoms with Crippen molar-refractivity contribution in [2.24, 2.45) is 15.9 Å². The van der Waals surface area contributed by atoms with Crippen LogP contribution in [-0.4, -0.2) is 11.4 Å². The molecule has 25 heavy (non-hydrogen) atoms. The molecular weight excluding hydrogens is 326 g/mol. The number of hydrogen-bond donors (Lipinski definition) is 1. The van der Waals surface area contributed by atoms with Crippen LogP contribution in [-0.2, 0) is 25.0 Å². The minimum Gasteiger partial charge on any atom is -0.377 e. The van der Waals surface area contributed by atoms with E-state index >= 15 is 0 Å². The van der Waals surface area contributed by atoms with Crippen molar-refractivity contribution in [3.63, 3.8) is 0 Å². The first kappa shape index (κ1) is 19.3. The number of nitrogens with zero attached hydrogens (tertiary/aromatic N) is 2. The van der Waals surface area contributed by atoms with Gasteiger partial charge in [-0.25, -0.2) is 0 Å². The van der Waals surface area contributed by atoms with Crippen LogP contribution in [0.25, 0.3) is 0 Å². The molecule has 2 aromatic carbocycles. The molecule has 132 valence electrons. The predicted molar refractivity (Wildman–Crippen MR) is 112 cm³/mol. The topological polar surface area (TPSA) is 50.7 Å². The lowest BCUT2D eigenvalue weighted by atomic mass is 9.94. The zero-order valence-corrected chi connectivity index (χ0v) is 16.1. The molecule has 0 aliphatic heterocycles. The number of hydrogen-bond acceptors (Lipinski definition) is 3. The predicted octanol–water partition coefficient (Wildman–Crippen LogP) is 4.96. The van der Waals surface area contributed by atoms with E-state index in [0.717, 1.165) is 25.0 Å². The Morgan fingerprint density at radius 2 is 1.60 bits per heavy atom. The maximum Gasteiger partial charge on any atom is 0.180 e. The van der Waals surface area contributed by atoms with Gasteiger partial charge >= 0.3 is 0 Å². The summed E-state index contributed by atoms with van der Waals surface area (Å²) in [6.07, 6.45) is 4.89. The number of nitrogens with two attached hydrogens (primary N) is 1. The molecule has 0 unspecified atom stereocenters. The average Bonchev–Trinajstić information content (AvgIpc) is 2.66. The lowest BCUT2D eigenvalue weighted by molar-refractivity contribution is 1.04. The summed E-state index contributed by atoms with van der Waals surface area (Å²) in [6.45, 7) is 6.55. The van der Waals surface area contributed by atoms with E-state index in [-0.39, 0.29) is 0 Å². The summed E-state index contributed by atoms with van der Waals surface area (Å²) in [6, 6.07) is 14.8. The second-order valence-corrected chi connectivity index (χ2v) is 6.84. The van der Waals surface area contributed by atoms with Crippen molar-refractivity contribution in [3.05, 3.63) is 70.3 Å². The van der Waals surface area contributed by atoms with E-state index in [2.05, 4.69) is 55.2 Å². The van der Waals surface area contributed by atoms with Crippen LogP contribution in [0.4, 0.5) is 0 Å². The lowest BCUT2D eigenvalue weighted by Crippen LogP contribution is -2.06. The van der Waals surface area contributed by atoms with Crippen molar-refractivity contribution in [2.45, 2.75) is 45.8 Å². The van der Waals surface area contributed by atoms with Crippen molar-refractivity contribution >= 4 is 23.1 Å². The Hall–Kier alpha value is -2.07. The van der Waals surface area contributed by atoms with E-state index in [0.29, 0.717) is 5.17 Å². The highest BCUT2D eigenvalue weighted by atomic mass is 32.2. The summed E-state index contributed by atoms with van der Waals surface area (Å²) < 4.78 is 0. The zero-order chi connectivity index (χ0) is 18.1. The Bertz CT molecular complexity index is 711. The van der Waals surface area contributed by atoms with Gasteiger partial charge in [-0.2, -0.15) is 5.10 Å². The second-order valence-electron chi connectivity index (χ2n) is 5.85. The van der Waals surface area contributed by atoms with Gasteiger partial charge in [-0.15, -0.1) is 5.10 Å². The molecule has 4 heteroatoms. The van der Waals surface area contributed by atoms with Crippen molar-refractivity contribution < 1.29 is 0 Å². The molecule has 0 aromatic heterocycles. The molecule has 2 aromatic rings. The Labute approximate surface area is 155 Å². The lowest BCUT2D eigenvalue weighted by Gasteiger charge is -2.11. The van der Waals surface area contributed by atoms with Crippen LogP contribution in [0, 0.1) is 0 Å². The summed E-state index contributed by atoms with van der Waals surface area (Å²) in [5.41, 5.74) is 12.4. The maximum atomic E-state index is 5.97. The van der Waals surface area contributed by atoms with Crippen LogP contribution in [0.3, 0.4) is 0 Å². The second kappa shape index (κ2) is 10.0. The van der Waals surface area contributed by atoms with Gasteiger partial charge in [0.2, 0.25) is 0 Å². The van der Waals surface area contributed by atoms with Gasteiger partial charge in [0.25, 0.3) is 0 Å². The van der Waals surface area contributed by atoms with Gasteiger partial charge in [-0.05, 0) is 41.5 Å². The summed E-state index contributed by atoms with van der Waals surface area (Å²) in [4.78, 5) is 0. The smallest absolute Gasteiger partial charge is 0.180 e. The number of benzene rings is 2. The molecule has 0 saturated heterocycles. The molecule has 0 fully saturated rings. The SMILES string of the molecule is CCc1cc(CC)c(C=NN=C(N)SCc2ccccc2)c(CC)c1. The minimum atomic E-state index is 0.487. The molecule has 0 amide bonds. The van der Waals surface area contributed by atoms with Crippen LogP contribution in [0.15, 0.2) is 52.7 Å². The fraction of sp³-hybridized carbons (Fsp3) is 0.333. The molecular formula is C21H27N3S. The summed E-state index contributed by atoms with van der Waals surface area (Å²) >= 11 is 1.50. The summed E-state index contributed by atoms with van der Waals surface area (Å²) in [5, 5.41) is 8.89. The zero-order valence-electron chi connectivity index (χ0n) is 15.3. The highest BCUT2D eigenvalue weighted by molar-refractivity contribution is 8.13. The van der Waals surface area contributed by atoms with E-state index in [9.17, 15) is 0 Å². The van der Waals surface area contributed by atoms with E-state index < -0.39 is 0 Å². The van der Waals surface area contributed by atoms with Gasteiger partial charge in [0.15, 0.2) is 5.17 Å². The largest absolute Gasteiger partial charge is 0.377 e. The first-order chi connectivity index (χ1) is 12.2. The first-order valence-electron chi connectivity index (χ1n) is 8.85. The monoisotopic (exact) mass is 353 g/mol. The Morgan fingerprint density at radius 3 is 2.16 bits per heavy atom. The molecule has 0 heterocycles. The molecule has 0 aliphatic rings. The first-order valence-corrected chi connectivity index (χ1v) is 9.84. The highest BCUT2D eigenvalue weighted by Gasteiger charge is 2.06. The molecule has 2 rings (SSSR count). The molecule has 0 radical (unpaired) electrons. The number of rotatable bonds is 7. The maximum absolute atomic E-state index is 5.97. The minimum absolute atomic E-state index is 0.487. The molecule has 0 atom stereocenters. The normalized spacial score (nSPS) is 12.0. The van der Waals surface area contributed by atoms with Crippen LogP contribution < -0.4 is 5.73 Å². The van der Waals surface area contributed by atoms with Gasteiger partial charge in [0, 0.05) is 11.3 Å². The molecule has 0 spiro atoms. The van der Waals surface area contributed by atoms with Gasteiger partial charge in [0.1, 0.15) is 0 Å². The van der Waals surface area contributed by atoms with Crippen molar-refractivity contribution in [2.75, 3.05) is 0 Å². The average molecular weight is 354 g/mol. The van der Waals surface area contributed by atoms with Crippen molar-refractivity contribution in [1.82, 2.24) is 0 Å². The van der Waals surface area contributed by atoms with Gasteiger partial charge < -0.3 is 5.73 Å². The molecule has 2 N–H and O–H groups in total. The Morgan fingerprint density at radius 1 is 0.960 bits per heavy atom. The fourth-order valence-electron chi connectivity index (χ4n) is 2.71. The standard InChI is InChI=1S/C21H27N3S/c1-4-16-12-18(5-2)20(19(6-3)13-16)14-23-24-21(22)25-15-17-10-8-7-9-11-17/h7-14H,4-6,15H2,1-3H3,(H2,22,24). The highest BCUT2D eigenvalue weighted by Crippen LogP contribution is 2.19. The fourth-order valence-corrected chi connectivity index (χ4v) is 3.32. The summed E-state index contributed by atoms with van der Waals surface area (Å²) in [7, 11) is 0. The quantitative estimate of drug-likeness (QED) is 0.435. The van der Waals surface area contributed by atoms with Crippen molar-refractivity contribution in [3.8, 4) is 0 Å². The van der Waals surface area contributed by atoms with Crippen LogP contribution in [0.5, 0.6) is 0 Å². The Balaban J connectivity index is 2.09. The Kier molecular flexibility index (Phi) is 7.74. The van der Waals surface area contributed by atoms with Crippen molar-refractivity contribution in [1.29, 1.82) is 0 Å². The number of amidine groups is 1. The van der Waals surface area contributed by atoms with Crippen LogP contribution in [0.2, 0.25) is 0 Å². The van der Waals surface area contributed by atoms with E-state index in [1.807, 2.05) is 24.4 Å². The van der Waals surface area contributed by atoms with E-state index in [1.54, 1.807) is 0 Å². The summed E-state index contributed by atoms with van der Waals surface area (Å²) in [5.74, 6) is 0.803. The van der Waals surface area contributed by atoms with E-state index in [1.165, 1.54) is 39.6 Å². The van der Waals surface area contributed by atoms with Gasteiger partial charge in [-0.3, -0.25) is 0 Å². The van der Waals surface area contributed by atoms with Gasteiger partial charge in [-0.1, -0.05) is 75.0 Å². The van der Waals surface area contributed by atoms with Crippen LogP contribution in [0.1, 0.15) is 48.6 Å².